The summed E-state index contributed by atoms with van der Waals surface area (Å²) in [6.45, 7) is 7.15. The first-order valence-corrected chi connectivity index (χ1v) is 10.4. The minimum absolute atomic E-state index is 0.476. The minimum atomic E-state index is 0.476. The predicted octanol–water partition coefficient (Wildman–Crippen LogP) is 6.59. The molecule has 0 radical (unpaired) electrons. The number of nitrogens with zero attached hydrogens (tertiary/aromatic N) is 1. The monoisotopic (exact) mass is 450 g/mol. The lowest BCUT2D eigenvalue weighted by atomic mass is 10.1. The van der Waals surface area contributed by atoms with Gasteiger partial charge in [-0.15, -0.1) is 0 Å². The Morgan fingerprint density at radius 1 is 0.966 bits per heavy atom. The number of nitrogens with one attached hydrogen (secondary N) is 1. The van der Waals surface area contributed by atoms with E-state index in [-0.39, 0.29) is 0 Å². The van der Waals surface area contributed by atoms with Gasteiger partial charge in [-0.25, -0.2) is 4.98 Å². The number of hydrogen-bond acceptors (Lipinski definition) is 3. The van der Waals surface area contributed by atoms with Crippen LogP contribution in [0.25, 0.3) is 22.4 Å². The molecular weight excluding hydrogens is 428 g/mol. The molecule has 0 aliphatic carbocycles. The van der Waals surface area contributed by atoms with Crippen LogP contribution in [0.2, 0.25) is 0 Å². The van der Waals surface area contributed by atoms with Crippen molar-refractivity contribution in [1.82, 2.24) is 9.97 Å². The van der Waals surface area contributed by atoms with Crippen molar-refractivity contribution in [2.45, 2.75) is 27.4 Å². The van der Waals surface area contributed by atoms with Gasteiger partial charge in [0.25, 0.3) is 0 Å². The highest BCUT2D eigenvalue weighted by atomic mass is 79.9. The van der Waals surface area contributed by atoms with Crippen molar-refractivity contribution < 1.29 is 9.47 Å². The van der Waals surface area contributed by atoms with Gasteiger partial charge in [0.05, 0.1) is 22.1 Å². The number of H-pyrrole nitrogens is 1. The number of hydrogen-bond donors (Lipinski definition) is 1. The van der Waals surface area contributed by atoms with Crippen LogP contribution in [0.1, 0.15) is 23.6 Å². The quantitative estimate of drug-likeness (QED) is 0.360. The van der Waals surface area contributed by atoms with E-state index in [9.17, 15) is 0 Å². The maximum atomic E-state index is 6.12. The standard InChI is InChI=1S/C24H23BrN2O2/c1-4-28-22-13-18(24-26-20-9-8-16(3)11-21(20)27-24)12-19(25)23(22)29-14-17-7-5-6-15(2)10-17/h5-13H,4,14H2,1-3H3,(H,26,27). The van der Waals surface area contributed by atoms with Crippen LogP contribution in [0.15, 0.2) is 59.1 Å². The van der Waals surface area contributed by atoms with Crippen LogP contribution in [0.4, 0.5) is 0 Å². The Balaban J connectivity index is 1.67. The van der Waals surface area contributed by atoms with Gasteiger partial charge in [0, 0.05) is 5.56 Å². The summed E-state index contributed by atoms with van der Waals surface area (Å²) in [5.74, 6) is 2.20. The Morgan fingerprint density at radius 2 is 1.79 bits per heavy atom. The second-order valence-electron chi connectivity index (χ2n) is 7.10. The summed E-state index contributed by atoms with van der Waals surface area (Å²) in [5, 5.41) is 0. The van der Waals surface area contributed by atoms with Gasteiger partial charge >= 0.3 is 0 Å². The number of rotatable bonds is 6. The average molecular weight is 451 g/mol. The van der Waals surface area contributed by atoms with E-state index >= 15 is 0 Å². The van der Waals surface area contributed by atoms with Crippen molar-refractivity contribution in [2.24, 2.45) is 0 Å². The summed E-state index contributed by atoms with van der Waals surface area (Å²) in [4.78, 5) is 8.13. The van der Waals surface area contributed by atoms with Gasteiger partial charge in [-0.2, -0.15) is 0 Å². The van der Waals surface area contributed by atoms with Crippen LogP contribution in [0.3, 0.4) is 0 Å². The lowest BCUT2D eigenvalue weighted by Crippen LogP contribution is -2.01. The van der Waals surface area contributed by atoms with Crippen LogP contribution in [-0.2, 0) is 6.61 Å². The van der Waals surface area contributed by atoms with E-state index in [0.29, 0.717) is 24.7 Å². The minimum Gasteiger partial charge on any atom is -0.490 e. The zero-order valence-electron chi connectivity index (χ0n) is 16.8. The number of aromatic amines is 1. The van der Waals surface area contributed by atoms with Crippen LogP contribution < -0.4 is 9.47 Å². The van der Waals surface area contributed by atoms with E-state index < -0.39 is 0 Å². The normalized spacial score (nSPS) is 11.0. The maximum absolute atomic E-state index is 6.12. The van der Waals surface area contributed by atoms with Gasteiger partial charge in [0.15, 0.2) is 11.5 Å². The van der Waals surface area contributed by atoms with Gasteiger partial charge in [-0.05, 0) is 72.1 Å². The smallest absolute Gasteiger partial charge is 0.175 e. The lowest BCUT2D eigenvalue weighted by molar-refractivity contribution is 0.268. The van der Waals surface area contributed by atoms with Crippen molar-refractivity contribution >= 4 is 27.0 Å². The molecule has 1 N–H and O–H groups in total. The first kappa shape index (κ1) is 19.5. The summed E-state index contributed by atoms with van der Waals surface area (Å²) in [6.07, 6.45) is 0. The molecule has 29 heavy (non-hydrogen) atoms. The number of fused-ring (bicyclic) bond motifs is 1. The number of halogens is 1. The highest BCUT2D eigenvalue weighted by molar-refractivity contribution is 9.10. The number of imidazole rings is 1. The molecule has 4 nitrogen and oxygen atoms in total. The van der Waals surface area contributed by atoms with Gasteiger partial charge in [0.1, 0.15) is 12.4 Å². The topological polar surface area (TPSA) is 47.1 Å². The third-order valence-electron chi connectivity index (χ3n) is 4.69. The molecule has 3 aromatic carbocycles. The molecule has 1 aromatic heterocycles. The highest BCUT2D eigenvalue weighted by Crippen LogP contribution is 2.40. The molecule has 0 atom stereocenters. The Morgan fingerprint density at radius 3 is 2.59 bits per heavy atom. The summed E-state index contributed by atoms with van der Waals surface area (Å²) < 4.78 is 12.8. The SMILES string of the molecule is CCOc1cc(-c2nc3ccc(C)cc3[nH]2)cc(Br)c1OCc1cccc(C)c1. The van der Waals surface area contributed by atoms with E-state index in [1.54, 1.807) is 0 Å². The van der Waals surface area contributed by atoms with Gasteiger partial charge in [-0.1, -0.05) is 35.9 Å². The second kappa shape index (κ2) is 8.29. The molecule has 4 rings (SSSR count). The fraction of sp³-hybridized carbons (Fsp3) is 0.208. The molecule has 1 heterocycles. The summed E-state index contributed by atoms with van der Waals surface area (Å²) in [5.41, 5.74) is 6.44. The third-order valence-corrected chi connectivity index (χ3v) is 5.27. The number of aryl methyl sites for hydroxylation is 2. The molecule has 148 valence electrons. The molecule has 0 amide bonds. The van der Waals surface area contributed by atoms with Crippen molar-refractivity contribution in [1.29, 1.82) is 0 Å². The number of aromatic nitrogens is 2. The molecular formula is C24H23BrN2O2. The van der Waals surface area contributed by atoms with Crippen molar-refractivity contribution in [3.63, 3.8) is 0 Å². The highest BCUT2D eigenvalue weighted by Gasteiger charge is 2.15. The fourth-order valence-corrected chi connectivity index (χ4v) is 3.88. The van der Waals surface area contributed by atoms with E-state index in [4.69, 9.17) is 14.5 Å². The van der Waals surface area contributed by atoms with E-state index in [2.05, 4.69) is 65.1 Å². The zero-order valence-corrected chi connectivity index (χ0v) is 18.3. The Bertz CT molecular complexity index is 1170. The third kappa shape index (κ3) is 4.30. The molecule has 0 saturated heterocycles. The largest absolute Gasteiger partial charge is 0.490 e. The van der Waals surface area contributed by atoms with Gasteiger partial charge in [0.2, 0.25) is 0 Å². The molecule has 0 unspecified atom stereocenters. The molecule has 4 aromatic rings. The Hall–Kier alpha value is -2.79. The Kier molecular flexibility index (Phi) is 5.58. The molecule has 5 heteroatoms. The molecule has 0 spiro atoms. The van der Waals surface area contributed by atoms with E-state index in [1.807, 2.05) is 31.2 Å². The average Bonchev–Trinajstić information content (AvgIpc) is 3.10. The van der Waals surface area contributed by atoms with E-state index in [0.717, 1.165) is 32.5 Å². The van der Waals surface area contributed by atoms with Gasteiger partial charge < -0.3 is 14.5 Å². The number of ether oxygens (including phenoxy) is 2. The van der Waals surface area contributed by atoms with Crippen LogP contribution in [-0.4, -0.2) is 16.6 Å². The summed E-state index contributed by atoms with van der Waals surface area (Å²) >= 11 is 3.66. The van der Waals surface area contributed by atoms with Crippen LogP contribution in [0.5, 0.6) is 11.5 Å². The van der Waals surface area contributed by atoms with E-state index in [1.165, 1.54) is 11.1 Å². The molecule has 0 saturated carbocycles. The van der Waals surface area contributed by atoms with Crippen molar-refractivity contribution in [3.8, 4) is 22.9 Å². The molecule has 0 bridgehead atoms. The first-order valence-electron chi connectivity index (χ1n) is 9.65. The summed E-state index contributed by atoms with van der Waals surface area (Å²) in [7, 11) is 0. The molecule has 0 fully saturated rings. The maximum Gasteiger partial charge on any atom is 0.175 e. The Labute approximate surface area is 179 Å². The van der Waals surface area contributed by atoms with Crippen molar-refractivity contribution in [3.05, 3.63) is 75.8 Å². The number of benzene rings is 3. The molecule has 0 aliphatic rings. The lowest BCUT2D eigenvalue weighted by Gasteiger charge is -2.15. The predicted molar refractivity (Wildman–Crippen MR) is 121 cm³/mol. The summed E-state index contributed by atoms with van der Waals surface area (Å²) in [6, 6.07) is 18.5. The zero-order chi connectivity index (χ0) is 20.4. The van der Waals surface area contributed by atoms with Gasteiger partial charge in [-0.3, -0.25) is 0 Å². The second-order valence-corrected chi connectivity index (χ2v) is 7.96. The van der Waals surface area contributed by atoms with Crippen LogP contribution >= 0.6 is 15.9 Å². The first-order chi connectivity index (χ1) is 14.0. The fourth-order valence-electron chi connectivity index (χ4n) is 3.33. The van der Waals surface area contributed by atoms with Crippen molar-refractivity contribution in [2.75, 3.05) is 6.61 Å². The van der Waals surface area contributed by atoms with Crippen LogP contribution in [0, 0.1) is 13.8 Å². The molecule has 0 aliphatic heterocycles.